The van der Waals surface area contributed by atoms with Crippen molar-refractivity contribution in [2.75, 3.05) is 6.61 Å². The second kappa shape index (κ2) is 8.01. The van der Waals surface area contributed by atoms with Crippen LogP contribution < -0.4 is 0 Å². The molecule has 0 saturated carbocycles. The standard InChI is InChI=1S/C20H22Cl2O/c1-13(2)19(15-4-8-17(21)9-5-15)20(14(3)12-23)16-6-10-18(22)11-7-16/h4-11,14,20,23H,12H2,1-3H3. The largest absolute Gasteiger partial charge is 0.396 e. The zero-order chi connectivity index (χ0) is 17.0. The minimum atomic E-state index is 0.0942. The molecule has 0 radical (unpaired) electrons. The van der Waals surface area contributed by atoms with Gasteiger partial charge in [0.05, 0.1) is 0 Å². The van der Waals surface area contributed by atoms with Gasteiger partial charge in [-0.25, -0.2) is 0 Å². The van der Waals surface area contributed by atoms with Gasteiger partial charge in [-0.3, -0.25) is 0 Å². The van der Waals surface area contributed by atoms with Crippen LogP contribution in [-0.4, -0.2) is 11.7 Å². The maximum atomic E-state index is 9.77. The molecule has 0 spiro atoms. The Morgan fingerprint density at radius 3 is 1.83 bits per heavy atom. The minimum absolute atomic E-state index is 0.0942. The van der Waals surface area contributed by atoms with Crippen molar-refractivity contribution in [1.82, 2.24) is 0 Å². The van der Waals surface area contributed by atoms with E-state index in [4.69, 9.17) is 23.2 Å². The number of hydrogen-bond donors (Lipinski definition) is 1. The molecule has 1 nitrogen and oxygen atoms in total. The molecular weight excluding hydrogens is 327 g/mol. The van der Waals surface area contributed by atoms with Gasteiger partial charge in [-0.05, 0) is 60.7 Å². The summed E-state index contributed by atoms with van der Waals surface area (Å²) < 4.78 is 0. The van der Waals surface area contributed by atoms with Crippen LogP contribution in [0.15, 0.2) is 54.1 Å². The van der Waals surface area contributed by atoms with Gasteiger partial charge in [-0.15, -0.1) is 0 Å². The van der Waals surface area contributed by atoms with Gasteiger partial charge < -0.3 is 5.11 Å². The average molecular weight is 349 g/mol. The molecule has 0 aliphatic carbocycles. The van der Waals surface area contributed by atoms with Gasteiger partial charge in [-0.1, -0.05) is 60.0 Å². The van der Waals surface area contributed by atoms with Crippen molar-refractivity contribution in [3.8, 4) is 0 Å². The molecule has 2 atom stereocenters. The SMILES string of the molecule is CC(C)=C(c1ccc(Cl)cc1)C(c1ccc(Cl)cc1)C(C)CO. The van der Waals surface area contributed by atoms with Crippen molar-refractivity contribution in [2.24, 2.45) is 5.92 Å². The monoisotopic (exact) mass is 348 g/mol. The molecule has 23 heavy (non-hydrogen) atoms. The molecule has 0 bridgehead atoms. The number of halogens is 2. The topological polar surface area (TPSA) is 20.2 Å². The lowest BCUT2D eigenvalue weighted by Gasteiger charge is -2.28. The number of hydrogen-bond acceptors (Lipinski definition) is 1. The van der Waals surface area contributed by atoms with Crippen molar-refractivity contribution in [3.05, 3.63) is 75.3 Å². The number of aliphatic hydroxyl groups is 1. The Labute approximate surface area is 148 Å². The first-order valence-electron chi connectivity index (χ1n) is 7.73. The summed E-state index contributed by atoms with van der Waals surface area (Å²) in [5, 5.41) is 11.2. The third kappa shape index (κ3) is 4.38. The fourth-order valence-electron chi connectivity index (χ4n) is 2.96. The van der Waals surface area contributed by atoms with E-state index in [9.17, 15) is 5.11 Å². The van der Waals surface area contributed by atoms with Crippen LogP contribution in [-0.2, 0) is 0 Å². The van der Waals surface area contributed by atoms with E-state index >= 15 is 0 Å². The van der Waals surface area contributed by atoms with Gasteiger partial charge in [0.1, 0.15) is 0 Å². The van der Waals surface area contributed by atoms with Crippen LogP contribution in [0.4, 0.5) is 0 Å². The molecule has 2 unspecified atom stereocenters. The molecule has 0 aliphatic rings. The first-order chi connectivity index (χ1) is 10.9. The van der Waals surface area contributed by atoms with E-state index in [1.807, 2.05) is 48.5 Å². The lowest BCUT2D eigenvalue weighted by atomic mass is 9.77. The Balaban J connectivity index is 2.57. The summed E-state index contributed by atoms with van der Waals surface area (Å²) in [5.41, 5.74) is 4.75. The van der Waals surface area contributed by atoms with Crippen LogP contribution in [0, 0.1) is 5.92 Å². The van der Waals surface area contributed by atoms with Gasteiger partial charge in [0, 0.05) is 22.6 Å². The van der Waals surface area contributed by atoms with Crippen molar-refractivity contribution in [3.63, 3.8) is 0 Å². The number of benzene rings is 2. The fraction of sp³-hybridized carbons (Fsp3) is 0.300. The highest BCUT2D eigenvalue weighted by Crippen LogP contribution is 2.40. The number of allylic oxidation sites excluding steroid dienone is 2. The predicted octanol–water partition coefficient (Wildman–Crippen LogP) is 6.20. The summed E-state index contributed by atoms with van der Waals surface area (Å²) in [6.07, 6.45) is 0. The molecule has 0 aliphatic heterocycles. The lowest BCUT2D eigenvalue weighted by Crippen LogP contribution is -2.16. The Morgan fingerprint density at radius 1 is 0.913 bits per heavy atom. The van der Waals surface area contributed by atoms with Crippen molar-refractivity contribution in [2.45, 2.75) is 26.7 Å². The van der Waals surface area contributed by atoms with E-state index in [0.717, 1.165) is 21.2 Å². The third-order valence-corrected chi connectivity index (χ3v) is 4.59. The summed E-state index contributed by atoms with van der Waals surface area (Å²) in [5.74, 6) is 0.195. The minimum Gasteiger partial charge on any atom is -0.396 e. The second-order valence-corrected chi connectivity index (χ2v) is 6.98. The Morgan fingerprint density at radius 2 is 1.39 bits per heavy atom. The zero-order valence-electron chi connectivity index (χ0n) is 13.7. The molecular formula is C20H22Cl2O. The maximum Gasteiger partial charge on any atom is 0.0465 e. The molecule has 122 valence electrons. The van der Waals surface area contributed by atoms with Gasteiger partial charge >= 0.3 is 0 Å². The van der Waals surface area contributed by atoms with Gasteiger partial charge in [-0.2, -0.15) is 0 Å². The Bertz CT molecular complexity index is 668. The summed E-state index contributed by atoms with van der Waals surface area (Å²) in [4.78, 5) is 0. The van der Waals surface area contributed by atoms with Gasteiger partial charge in [0.15, 0.2) is 0 Å². The first kappa shape index (κ1) is 18.1. The molecule has 0 heterocycles. The van der Waals surface area contributed by atoms with E-state index in [1.54, 1.807) is 0 Å². The highest BCUT2D eigenvalue weighted by atomic mass is 35.5. The van der Waals surface area contributed by atoms with Crippen LogP contribution in [0.5, 0.6) is 0 Å². The van der Waals surface area contributed by atoms with Crippen LogP contribution in [0.1, 0.15) is 37.8 Å². The summed E-state index contributed by atoms with van der Waals surface area (Å²) >= 11 is 12.1. The average Bonchev–Trinajstić information content (AvgIpc) is 2.54. The summed E-state index contributed by atoms with van der Waals surface area (Å²) in [7, 11) is 0. The third-order valence-electron chi connectivity index (χ3n) is 4.09. The van der Waals surface area contributed by atoms with E-state index in [0.29, 0.717) is 0 Å². The quantitative estimate of drug-likeness (QED) is 0.681. The molecule has 0 amide bonds. The molecule has 1 N–H and O–H groups in total. The maximum absolute atomic E-state index is 9.77. The normalized spacial score (nSPS) is 13.5. The van der Waals surface area contributed by atoms with Crippen LogP contribution in [0.3, 0.4) is 0 Å². The summed E-state index contributed by atoms with van der Waals surface area (Å²) in [6, 6.07) is 15.8. The molecule has 0 saturated heterocycles. The lowest BCUT2D eigenvalue weighted by molar-refractivity contribution is 0.229. The number of aliphatic hydroxyl groups excluding tert-OH is 1. The van der Waals surface area contributed by atoms with Crippen molar-refractivity contribution >= 4 is 28.8 Å². The smallest absolute Gasteiger partial charge is 0.0465 e. The van der Waals surface area contributed by atoms with Crippen molar-refractivity contribution in [1.29, 1.82) is 0 Å². The van der Waals surface area contributed by atoms with Crippen LogP contribution in [0.25, 0.3) is 5.57 Å². The molecule has 2 aromatic rings. The molecule has 0 fully saturated rings. The second-order valence-electron chi connectivity index (χ2n) is 6.11. The highest BCUT2D eigenvalue weighted by Gasteiger charge is 2.25. The van der Waals surface area contributed by atoms with Crippen LogP contribution >= 0.6 is 23.2 Å². The molecule has 3 heteroatoms. The van der Waals surface area contributed by atoms with Crippen molar-refractivity contribution < 1.29 is 5.11 Å². The number of rotatable bonds is 5. The predicted molar refractivity (Wildman–Crippen MR) is 100 cm³/mol. The first-order valence-corrected chi connectivity index (χ1v) is 8.49. The fourth-order valence-corrected chi connectivity index (χ4v) is 3.22. The Kier molecular flexibility index (Phi) is 6.29. The van der Waals surface area contributed by atoms with E-state index in [-0.39, 0.29) is 18.4 Å². The molecule has 2 aromatic carbocycles. The van der Waals surface area contributed by atoms with E-state index in [2.05, 4.69) is 20.8 Å². The van der Waals surface area contributed by atoms with Crippen LogP contribution in [0.2, 0.25) is 10.0 Å². The van der Waals surface area contributed by atoms with Gasteiger partial charge in [0.25, 0.3) is 0 Å². The molecule has 2 rings (SSSR count). The summed E-state index contributed by atoms with van der Waals surface area (Å²) in [6.45, 7) is 6.41. The Hall–Kier alpha value is -1.28. The highest BCUT2D eigenvalue weighted by molar-refractivity contribution is 6.30. The van der Waals surface area contributed by atoms with E-state index < -0.39 is 0 Å². The zero-order valence-corrected chi connectivity index (χ0v) is 15.2. The van der Waals surface area contributed by atoms with E-state index in [1.165, 1.54) is 11.1 Å². The van der Waals surface area contributed by atoms with Gasteiger partial charge in [0.2, 0.25) is 0 Å². The molecule has 0 aromatic heterocycles.